The molecule has 0 aliphatic heterocycles. The highest BCUT2D eigenvalue weighted by Gasteiger charge is 2.53. The normalized spacial score (nSPS) is 46.1. The first kappa shape index (κ1) is 8.08. The van der Waals surface area contributed by atoms with Crippen molar-refractivity contribution in [1.82, 2.24) is 0 Å². The molecule has 0 N–H and O–H groups in total. The zero-order valence-electron chi connectivity index (χ0n) is 8.68. The van der Waals surface area contributed by atoms with E-state index in [0.29, 0.717) is 10.8 Å². The van der Waals surface area contributed by atoms with E-state index in [0.717, 1.165) is 5.92 Å². The average Bonchev–Trinajstić information content (AvgIpc) is 2.78. The predicted octanol–water partition coefficient (Wildman–Crippen LogP) is 3.92. The van der Waals surface area contributed by atoms with Crippen molar-refractivity contribution in [2.45, 2.75) is 51.9 Å². The predicted molar refractivity (Wildman–Crippen MR) is 55.5 cm³/mol. The molecule has 0 heterocycles. The molecule has 0 radical (unpaired) electrons. The average molecular weight is 176 g/mol. The zero-order valence-corrected chi connectivity index (χ0v) is 8.68. The third kappa shape index (κ3) is 0.923. The fraction of sp³-hybridized carbons (Fsp3) is 0.846. The standard InChI is InChI=1S/C13H20/c1-12(6-2-3-7-12)13-8-4-11(10-13)5-9-13/h4,8,11H,2-3,5-7,9-10H2,1H3. The minimum atomic E-state index is 0.647. The van der Waals surface area contributed by atoms with E-state index in [9.17, 15) is 0 Å². The van der Waals surface area contributed by atoms with Crippen LogP contribution in [0.3, 0.4) is 0 Å². The zero-order chi connectivity index (χ0) is 8.94. The second-order valence-corrected chi connectivity index (χ2v) is 5.79. The highest BCUT2D eigenvalue weighted by molar-refractivity contribution is 5.21. The van der Waals surface area contributed by atoms with E-state index in [-0.39, 0.29) is 0 Å². The minimum absolute atomic E-state index is 0.647. The summed E-state index contributed by atoms with van der Waals surface area (Å²) in [5.41, 5.74) is 1.32. The molecule has 0 saturated heterocycles. The van der Waals surface area contributed by atoms with E-state index >= 15 is 0 Å². The molecule has 0 spiro atoms. The molecule has 0 aromatic carbocycles. The molecule has 2 unspecified atom stereocenters. The summed E-state index contributed by atoms with van der Waals surface area (Å²) < 4.78 is 0. The van der Waals surface area contributed by atoms with Crippen LogP contribution in [-0.2, 0) is 0 Å². The lowest BCUT2D eigenvalue weighted by atomic mass is 9.63. The van der Waals surface area contributed by atoms with Gasteiger partial charge in [0.1, 0.15) is 0 Å². The summed E-state index contributed by atoms with van der Waals surface area (Å²) in [5.74, 6) is 0.956. The summed E-state index contributed by atoms with van der Waals surface area (Å²) in [7, 11) is 0. The van der Waals surface area contributed by atoms with Gasteiger partial charge in [0.15, 0.2) is 0 Å². The Bertz CT molecular complexity index is 245. The van der Waals surface area contributed by atoms with Crippen LogP contribution in [0.4, 0.5) is 0 Å². The summed E-state index contributed by atoms with van der Waals surface area (Å²) >= 11 is 0. The highest BCUT2D eigenvalue weighted by atomic mass is 14.6. The Labute approximate surface area is 81.4 Å². The van der Waals surface area contributed by atoms with E-state index in [1.807, 2.05) is 0 Å². The second-order valence-electron chi connectivity index (χ2n) is 5.79. The van der Waals surface area contributed by atoms with Gasteiger partial charge < -0.3 is 0 Å². The monoisotopic (exact) mass is 176 g/mol. The Hall–Kier alpha value is -0.260. The van der Waals surface area contributed by atoms with Crippen LogP contribution in [0.25, 0.3) is 0 Å². The lowest BCUT2D eigenvalue weighted by molar-refractivity contribution is 0.118. The smallest absolute Gasteiger partial charge is 0.00586 e. The van der Waals surface area contributed by atoms with Crippen LogP contribution in [0.15, 0.2) is 12.2 Å². The topological polar surface area (TPSA) is 0 Å². The molecule has 3 aliphatic rings. The van der Waals surface area contributed by atoms with Gasteiger partial charge in [0.2, 0.25) is 0 Å². The maximum absolute atomic E-state index is 2.59. The van der Waals surface area contributed by atoms with Crippen molar-refractivity contribution < 1.29 is 0 Å². The molecule has 0 amide bonds. The molecule has 13 heavy (non-hydrogen) atoms. The van der Waals surface area contributed by atoms with Crippen LogP contribution in [0.2, 0.25) is 0 Å². The maximum atomic E-state index is 2.59. The first-order chi connectivity index (χ1) is 6.24. The van der Waals surface area contributed by atoms with Crippen LogP contribution in [-0.4, -0.2) is 0 Å². The van der Waals surface area contributed by atoms with Crippen LogP contribution in [0.1, 0.15) is 51.9 Å². The molecule has 2 atom stereocenters. The first-order valence-corrected chi connectivity index (χ1v) is 5.94. The molecule has 0 aromatic heterocycles. The number of rotatable bonds is 1. The quantitative estimate of drug-likeness (QED) is 0.531. The third-order valence-electron chi connectivity index (χ3n) is 5.18. The molecule has 72 valence electrons. The van der Waals surface area contributed by atoms with Gasteiger partial charge in [0.05, 0.1) is 0 Å². The van der Waals surface area contributed by atoms with Crippen molar-refractivity contribution in [1.29, 1.82) is 0 Å². The molecule has 3 rings (SSSR count). The lowest BCUT2D eigenvalue weighted by Crippen LogP contribution is -2.33. The van der Waals surface area contributed by atoms with Crippen molar-refractivity contribution >= 4 is 0 Å². The van der Waals surface area contributed by atoms with E-state index < -0.39 is 0 Å². The summed E-state index contributed by atoms with van der Waals surface area (Å²) in [6.45, 7) is 2.55. The molecule has 0 heteroatoms. The Kier molecular flexibility index (Phi) is 1.49. The van der Waals surface area contributed by atoms with Gasteiger partial charge in [-0.05, 0) is 48.9 Å². The van der Waals surface area contributed by atoms with Crippen molar-refractivity contribution in [3.8, 4) is 0 Å². The molecule has 3 aliphatic carbocycles. The number of hydrogen-bond donors (Lipinski definition) is 0. The SMILES string of the molecule is CC1(C23C=CC(CC2)C3)CCCC1. The summed E-state index contributed by atoms with van der Waals surface area (Å²) in [4.78, 5) is 0. The fourth-order valence-corrected chi connectivity index (χ4v) is 4.15. The van der Waals surface area contributed by atoms with Crippen LogP contribution < -0.4 is 0 Å². The van der Waals surface area contributed by atoms with Crippen molar-refractivity contribution in [3.63, 3.8) is 0 Å². The molecule has 2 saturated carbocycles. The van der Waals surface area contributed by atoms with E-state index in [1.54, 1.807) is 0 Å². The molecular formula is C13H20. The maximum Gasteiger partial charge on any atom is -0.00586 e. The molecule has 0 aromatic rings. The van der Waals surface area contributed by atoms with Gasteiger partial charge in [-0.25, -0.2) is 0 Å². The molecule has 2 bridgehead atoms. The van der Waals surface area contributed by atoms with Crippen molar-refractivity contribution in [2.24, 2.45) is 16.7 Å². The van der Waals surface area contributed by atoms with E-state index in [1.165, 1.54) is 44.9 Å². The summed E-state index contributed by atoms with van der Waals surface area (Å²) in [5, 5.41) is 0. The molecular weight excluding hydrogens is 156 g/mol. The van der Waals surface area contributed by atoms with Crippen LogP contribution in [0, 0.1) is 16.7 Å². The van der Waals surface area contributed by atoms with Gasteiger partial charge in [0.25, 0.3) is 0 Å². The molecule has 2 fully saturated rings. The summed E-state index contributed by atoms with van der Waals surface area (Å²) in [6.07, 6.45) is 15.5. The van der Waals surface area contributed by atoms with Crippen LogP contribution in [0.5, 0.6) is 0 Å². The summed E-state index contributed by atoms with van der Waals surface area (Å²) in [6, 6.07) is 0. The van der Waals surface area contributed by atoms with Crippen LogP contribution >= 0.6 is 0 Å². The highest BCUT2D eigenvalue weighted by Crippen LogP contribution is 2.63. The van der Waals surface area contributed by atoms with E-state index in [4.69, 9.17) is 0 Å². The third-order valence-corrected chi connectivity index (χ3v) is 5.18. The van der Waals surface area contributed by atoms with Gasteiger partial charge in [-0.2, -0.15) is 0 Å². The van der Waals surface area contributed by atoms with Gasteiger partial charge in [-0.3, -0.25) is 0 Å². The lowest BCUT2D eigenvalue weighted by Gasteiger charge is -2.41. The Balaban J connectivity index is 1.95. The fourth-order valence-electron chi connectivity index (χ4n) is 4.15. The van der Waals surface area contributed by atoms with Crippen molar-refractivity contribution in [2.75, 3.05) is 0 Å². The number of allylic oxidation sites excluding steroid dienone is 2. The first-order valence-electron chi connectivity index (χ1n) is 5.94. The minimum Gasteiger partial charge on any atom is -0.0848 e. The Morgan fingerprint density at radius 1 is 1.15 bits per heavy atom. The van der Waals surface area contributed by atoms with Gasteiger partial charge in [0, 0.05) is 0 Å². The van der Waals surface area contributed by atoms with Gasteiger partial charge in [-0.15, -0.1) is 0 Å². The molecule has 0 nitrogen and oxygen atoms in total. The Morgan fingerprint density at radius 2 is 1.92 bits per heavy atom. The number of fused-ring (bicyclic) bond motifs is 2. The van der Waals surface area contributed by atoms with Gasteiger partial charge >= 0.3 is 0 Å². The largest absolute Gasteiger partial charge is 0.0848 e. The van der Waals surface area contributed by atoms with Crippen molar-refractivity contribution in [3.05, 3.63) is 12.2 Å². The number of hydrogen-bond acceptors (Lipinski definition) is 0. The van der Waals surface area contributed by atoms with Gasteiger partial charge in [-0.1, -0.05) is 31.9 Å². The second kappa shape index (κ2) is 2.40. The Morgan fingerprint density at radius 3 is 2.38 bits per heavy atom. The van der Waals surface area contributed by atoms with E-state index in [2.05, 4.69) is 19.1 Å².